The van der Waals surface area contributed by atoms with Crippen LogP contribution in [0.4, 0.5) is 11.4 Å². The molecule has 140 valence electrons. The predicted molar refractivity (Wildman–Crippen MR) is 96.1 cm³/mol. The molecule has 8 nitrogen and oxygen atoms in total. The van der Waals surface area contributed by atoms with E-state index < -0.39 is 4.92 Å². The second-order valence-corrected chi connectivity index (χ2v) is 6.76. The highest BCUT2D eigenvalue weighted by Crippen LogP contribution is 2.29. The highest BCUT2D eigenvalue weighted by Gasteiger charge is 2.31. The van der Waals surface area contributed by atoms with Crippen molar-refractivity contribution in [2.75, 3.05) is 51.4 Å². The Balaban J connectivity index is 1.79. The summed E-state index contributed by atoms with van der Waals surface area (Å²) in [4.78, 5) is 13.2. The summed E-state index contributed by atoms with van der Waals surface area (Å²) in [5, 5.41) is 23.8. The molecule has 1 aromatic carbocycles. The molecule has 1 N–H and O–H groups in total. The third kappa shape index (κ3) is 4.12. The normalized spacial score (nSPS) is 21.9. The van der Waals surface area contributed by atoms with E-state index in [-0.39, 0.29) is 17.3 Å². The number of nitro groups is 1. The number of hydrogen-bond donors (Lipinski definition) is 1. The SMILES string of the molecule is Cc1c(NC[C@@H]([C@H]2CCOC2)N2CCOCC2)cc(C#N)cc1[N+](=O)[O-]. The molecule has 2 aliphatic rings. The van der Waals surface area contributed by atoms with Gasteiger partial charge in [0.1, 0.15) is 0 Å². The maximum atomic E-state index is 11.3. The van der Waals surface area contributed by atoms with E-state index in [9.17, 15) is 15.4 Å². The van der Waals surface area contributed by atoms with Crippen molar-refractivity contribution in [2.24, 2.45) is 5.92 Å². The molecule has 2 atom stereocenters. The lowest BCUT2D eigenvalue weighted by Gasteiger charge is -2.37. The van der Waals surface area contributed by atoms with Crippen molar-refractivity contribution < 1.29 is 14.4 Å². The smallest absolute Gasteiger partial charge is 0.275 e. The van der Waals surface area contributed by atoms with Crippen LogP contribution >= 0.6 is 0 Å². The minimum atomic E-state index is -0.439. The van der Waals surface area contributed by atoms with Crippen molar-refractivity contribution in [3.05, 3.63) is 33.4 Å². The molecule has 0 bridgehead atoms. The maximum absolute atomic E-state index is 11.3. The monoisotopic (exact) mass is 360 g/mol. The highest BCUT2D eigenvalue weighted by atomic mass is 16.6. The van der Waals surface area contributed by atoms with Crippen LogP contribution in [-0.2, 0) is 9.47 Å². The molecule has 0 radical (unpaired) electrons. The Morgan fingerprint density at radius 2 is 2.15 bits per heavy atom. The van der Waals surface area contributed by atoms with Gasteiger partial charge >= 0.3 is 0 Å². The lowest BCUT2D eigenvalue weighted by atomic mass is 9.96. The Morgan fingerprint density at radius 3 is 2.77 bits per heavy atom. The van der Waals surface area contributed by atoms with Crippen molar-refractivity contribution in [1.82, 2.24) is 4.90 Å². The molecule has 8 heteroatoms. The van der Waals surface area contributed by atoms with Gasteiger partial charge < -0.3 is 14.8 Å². The minimum absolute atomic E-state index is 0.0290. The van der Waals surface area contributed by atoms with Gasteiger partial charge in [-0.1, -0.05) is 0 Å². The van der Waals surface area contributed by atoms with Crippen molar-refractivity contribution in [3.63, 3.8) is 0 Å². The summed E-state index contributed by atoms with van der Waals surface area (Å²) >= 11 is 0. The Kier molecular flexibility index (Phi) is 6.04. The summed E-state index contributed by atoms with van der Waals surface area (Å²) < 4.78 is 11.0. The largest absolute Gasteiger partial charge is 0.383 e. The van der Waals surface area contributed by atoms with Crippen LogP contribution in [0, 0.1) is 34.3 Å². The van der Waals surface area contributed by atoms with Crippen LogP contribution in [0.5, 0.6) is 0 Å². The number of anilines is 1. The van der Waals surface area contributed by atoms with Crippen LogP contribution in [0.3, 0.4) is 0 Å². The summed E-state index contributed by atoms with van der Waals surface area (Å²) in [5.41, 5.74) is 1.46. The molecule has 0 spiro atoms. The van der Waals surface area contributed by atoms with Crippen LogP contribution < -0.4 is 5.32 Å². The van der Waals surface area contributed by atoms with E-state index in [1.165, 1.54) is 6.07 Å². The molecule has 1 aromatic rings. The van der Waals surface area contributed by atoms with Crippen LogP contribution in [-0.4, -0.2) is 61.9 Å². The molecule has 0 aliphatic carbocycles. The lowest BCUT2D eigenvalue weighted by molar-refractivity contribution is -0.385. The van der Waals surface area contributed by atoms with Gasteiger partial charge in [-0.2, -0.15) is 5.26 Å². The molecule has 3 rings (SSSR count). The van der Waals surface area contributed by atoms with Crippen molar-refractivity contribution >= 4 is 11.4 Å². The first kappa shape index (κ1) is 18.6. The number of benzene rings is 1. The van der Waals surface area contributed by atoms with Crippen LogP contribution in [0.2, 0.25) is 0 Å². The van der Waals surface area contributed by atoms with Gasteiger partial charge in [0.2, 0.25) is 0 Å². The number of nitro benzene ring substituents is 1. The van der Waals surface area contributed by atoms with Crippen molar-refractivity contribution in [2.45, 2.75) is 19.4 Å². The quantitative estimate of drug-likeness (QED) is 0.611. The molecule has 2 fully saturated rings. The molecular weight excluding hydrogens is 336 g/mol. The molecule has 0 unspecified atom stereocenters. The van der Waals surface area contributed by atoms with Crippen molar-refractivity contribution in [3.8, 4) is 6.07 Å². The Morgan fingerprint density at radius 1 is 1.38 bits per heavy atom. The Hall–Kier alpha value is -2.21. The first-order chi connectivity index (χ1) is 12.6. The van der Waals surface area contributed by atoms with Gasteiger partial charge in [0, 0.05) is 55.5 Å². The maximum Gasteiger partial charge on any atom is 0.275 e. The fourth-order valence-electron chi connectivity index (χ4n) is 3.71. The van der Waals surface area contributed by atoms with E-state index in [1.54, 1.807) is 13.0 Å². The zero-order valence-electron chi connectivity index (χ0n) is 14.9. The van der Waals surface area contributed by atoms with Gasteiger partial charge in [0.15, 0.2) is 0 Å². The first-order valence-electron chi connectivity index (χ1n) is 8.92. The first-order valence-corrected chi connectivity index (χ1v) is 8.92. The van der Waals surface area contributed by atoms with Gasteiger partial charge in [-0.05, 0) is 19.4 Å². The summed E-state index contributed by atoms with van der Waals surface area (Å²) in [5.74, 6) is 0.426. The lowest BCUT2D eigenvalue weighted by Crippen LogP contribution is -2.50. The molecule has 0 saturated carbocycles. The number of nitrogens with zero attached hydrogens (tertiary/aromatic N) is 3. The molecule has 0 amide bonds. The van der Waals surface area contributed by atoms with E-state index >= 15 is 0 Å². The van der Waals surface area contributed by atoms with E-state index in [0.717, 1.165) is 45.9 Å². The van der Waals surface area contributed by atoms with E-state index in [2.05, 4.69) is 10.2 Å². The summed E-state index contributed by atoms with van der Waals surface area (Å²) in [7, 11) is 0. The van der Waals surface area contributed by atoms with Crippen LogP contribution in [0.25, 0.3) is 0 Å². The van der Waals surface area contributed by atoms with Gasteiger partial charge in [0.05, 0.1) is 36.4 Å². The zero-order valence-corrected chi connectivity index (χ0v) is 14.9. The fraction of sp³-hybridized carbons (Fsp3) is 0.611. The molecule has 26 heavy (non-hydrogen) atoms. The second kappa shape index (κ2) is 8.45. The predicted octanol–water partition coefficient (Wildman–Crippen LogP) is 1.92. The molecule has 0 aromatic heterocycles. The number of rotatable bonds is 6. The van der Waals surface area contributed by atoms with Crippen LogP contribution in [0.1, 0.15) is 17.5 Å². The number of hydrogen-bond acceptors (Lipinski definition) is 7. The average Bonchev–Trinajstić information content (AvgIpc) is 3.18. The van der Waals surface area contributed by atoms with Crippen molar-refractivity contribution in [1.29, 1.82) is 5.26 Å². The second-order valence-electron chi connectivity index (χ2n) is 6.76. The van der Waals surface area contributed by atoms with E-state index in [0.29, 0.717) is 23.7 Å². The third-order valence-corrected chi connectivity index (χ3v) is 5.23. The van der Waals surface area contributed by atoms with Gasteiger partial charge in [-0.25, -0.2) is 0 Å². The summed E-state index contributed by atoms with van der Waals surface area (Å²) in [6.45, 7) is 7.07. The molecule has 2 aliphatic heterocycles. The standard InChI is InChI=1S/C18H24N4O4/c1-13-16(8-14(10-19)9-17(13)22(23)24)20-11-18(15-2-5-26-12-15)21-3-6-25-7-4-21/h8-9,15,18,20H,2-7,11-12H2,1H3/t15-,18-/m0/s1. The molecule has 2 heterocycles. The Bertz CT molecular complexity index is 691. The summed E-state index contributed by atoms with van der Waals surface area (Å²) in [6, 6.07) is 5.28. The number of nitriles is 1. The number of ether oxygens (including phenoxy) is 2. The molecular formula is C18H24N4O4. The summed E-state index contributed by atoms with van der Waals surface area (Å²) in [6.07, 6.45) is 1.01. The van der Waals surface area contributed by atoms with Gasteiger partial charge in [0.25, 0.3) is 5.69 Å². The van der Waals surface area contributed by atoms with Gasteiger partial charge in [-0.3, -0.25) is 15.0 Å². The van der Waals surface area contributed by atoms with Crippen LogP contribution in [0.15, 0.2) is 12.1 Å². The molecule has 2 saturated heterocycles. The Labute approximate surface area is 152 Å². The third-order valence-electron chi connectivity index (χ3n) is 5.23. The van der Waals surface area contributed by atoms with E-state index in [1.807, 2.05) is 6.07 Å². The number of nitrogens with one attached hydrogen (secondary N) is 1. The van der Waals surface area contributed by atoms with E-state index in [4.69, 9.17) is 9.47 Å². The fourth-order valence-corrected chi connectivity index (χ4v) is 3.71. The zero-order chi connectivity index (χ0) is 18.5. The number of morpholine rings is 1. The average molecular weight is 360 g/mol. The minimum Gasteiger partial charge on any atom is -0.383 e. The topological polar surface area (TPSA) is 101 Å². The highest BCUT2D eigenvalue weighted by molar-refractivity contribution is 5.64. The van der Waals surface area contributed by atoms with Gasteiger partial charge in [-0.15, -0.1) is 0 Å².